The first kappa shape index (κ1) is 15.5. The van der Waals surface area contributed by atoms with Crippen LogP contribution in [0.25, 0.3) is 10.2 Å². The maximum atomic E-state index is 12.4. The molecule has 0 aromatic carbocycles. The summed E-state index contributed by atoms with van der Waals surface area (Å²) in [5, 5.41) is 8.15. The molecule has 0 radical (unpaired) electrons. The van der Waals surface area contributed by atoms with E-state index in [-0.39, 0.29) is 18.0 Å². The first-order chi connectivity index (χ1) is 10.9. The summed E-state index contributed by atoms with van der Waals surface area (Å²) in [6.45, 7) is 5.85. The van der Waals surface area contributed by atoms with Crippen LogP contribution in [-0.2, 0) is 13.6 Å². The second-order valence-corrected chi connectivity index (χ2v) is 6.69. The van der Waals surface area contributed by atoms with Gasteiger partial charge in [0.25, 0.3) is 11.5 Å². The number of carbonyl (C=O) groups excluding carboxylic acids is 1. The molecule has 3 heterocycles. The minimum Gasteiger partial charge on any atom is -0.347 e. The van der Waals surface area contributed by atoms with Crippen molar-refractivity contribution in [3.63, 3.8) is 0 Å². The molecule has 1 amide bonds. The third-order valence-electron chi connectivity index (χ3n) is 3.84. The molecule has 0 aliphatic rings. The van der Waals surface area contributed by atoms with Crippen molar-refractivity contribution in [1.82, 2.24) is 20.1 Å². The third-order valence-corrected chi connectivity index (χ3v) is 5.04. The number of rotatable bonds is 3. The van der Waals surface area contributed by atoms with Crippen molar-refractivity contribution in [2.75, 3.05) is 0 Å². The lowest BCUT2D eigenvalue weighted by molar-refractivity contribution is 0.0955. The smallest absolute Gasteiger partial charge is 0.261 e. The Kier molecular flexibility index (Phi) is 3.81. The standard InChI is InChI=1S/C16H18N4O2S/c1-8-5-9(2)18-14(21)12(8)7-17-15(22)13-6-11-10(3)19-20(4)16(11)23-13/h5-6H,7H2,1-4H3,(H,17,22)(H,18,21). The van der Waals surface area contributed by atoms with Gasteiger partial charge in [-0.15, -0.1) is 11.3 Å². The highest BCUT2D eigenvalue weighted by molar-refractivity contribution is 7.20. The van der Waals surface area contributed by atoms with E-state index in [2.05, 4.69) is 15.4 Å². The number of aromatic amines is 1. The topological polar surface area (TPSA) is 79.8 Å². The number of carbonyl (C=O) groups is 1. The van der Waals surface area contributed by atoms with Gasteiger partial charge < -0.3 is 10.3 Å². The molecule has 7 heteroatoms. The summed E-state index contributed by atoms with van der Waals surface area (Å²) in [7, 11) is 1.86. The number of nitrogens with zero attached hydrogens (tertiary/aromatic N) is 2. The number of aromatic nitrogens is 3. The first-order valence-corrected chi connectivity index (χ1v) is 8.09. The lowest BCUT2D eigenvalue weighted by Gasteiger charge is -2.07. The molecular formula is C16H18N4O2S. The van der Waals surface area contributed by atoms with E-state index in [1.807, 2.05) is 40.0 Å². The molecule has 3 aromatic rings. The number of pyridine rings is 1. The van der Waals surface area contributed by atoms with Crippen LogP contribution in [0.1, 0.15) is 32.2 Å². The molecule has 0 saturated carbocycles. The highest BCUT2D eigenvalue weighted by Crippen LogP contribution is 2.27. The largest absolute Gasteiger partial charge is 0.347 e. The van der Waals surface area contributed by atoms with E-state index in [1.54, 1.807) is 4.68 Å². The minimum atomic E-state index is -0.176. The van der Waals surface area contributed by atoms with Gasteiger partial charge in [0.1, 0.15) is 4.83 Å². The quantitative estimate of drug-likeness (QED) is 0.772. The zero-order valence-electron chi connectivity index (χ0n) is 13.5. The molecule has 0 bridgehead atoms. The van der Waals surface area contributed by atoms with E-state index in [9.17, 15) is 9.59 Å². The van der Waals surface area contributed by atoms with Gasteiger partial charge in [0.05, 0.1) is 10.6 Å². The van der Waals surface area contributed by atoms with Crippen molar-refractivity contribution >= 4 is 27.5 Å². The Morgan fingerprint density at radius 3 is 2.74 bits per heavy atom. The number of thiophene rings is 1. The number of nitrogens with one attached hydrogen (secondary N) is 2. The van der Waals surface area contributed by atoms with Crippen molar-refractivity contribution in [2.24, 2.45) is 7.05 Å². The summed E-state index contributed by atoms with van der Waals surface area (Å²) in [5.74, 6) is -0.176. The SMILES string of the molecule is Cc1cc(C)c(CNC(=O)c2cc3c(C)nn(C)c3s2)c(=O)[nH]1. The molecule has 0 spiro atoms. The van der Waals surface area contributed by atoms with E-state index in [4.69, 9.17) is 0 Å². The minimum absolute atomic E-state index is 0.154. The summed E-state index contributed by atoms with van der Waals surface area (Å²) < 4.78 is 1.78. The second kappa shape index (κ2) is 5.66. The molecule has 3 aromatic heterocycles. The zero-order valence-corrected chi connectivity index (χ0v) is 14.3. The molecule has 0 atom stereocenters. The van der Waals surface area contributed by atoms with Crippen molar-refractivity contribution in [1.29, 1.82) is 0 Å². The molecule has 0 aliphatic heterocycles. The molecule has 23 heavy (non-hydrogen) atoms. The molecule has 0 unspecified atom stereocenters. The van der Waals surface area contributed by atoms with Crippen molar-refractivity contribution < 1.29 is 4.79 Å². The molecule has 0 aliphatic carbocycles. The molecular weight excluding hydrogens is 312 g/mol. The Balaban J connectivity index is 1.81. The number of H-pyrrole nitrogens is 1. The van der Waals surface area contributed by atoms with Gasteiger partial charge in [-0.1, -0.05) is 0 Å². The molecule has 120 valence electrons. The fourth-order valence-electron chi connectivity index (χ4n) is 2.67. The van der Waals surface area contributed by atoms with Crippen LogP contribution in [-0.4, -0.2) is 20.7 Å². The summed E-state index contributed by atoms with van der Waals surface area (Å²) in [5.41, 5.74) is 3.03. The lowest BCUT2D eigenvalue weighted by atomic mass is 10.1. The van der Waals surface area contributed by atoms with Gasteiger partial charge >= 0.3 is 0 Å². The predicted molar refractivity (Wildman–Crippen MR) is 91.0 cm³/mol. The Morgan fingerprint density at radius 2 is 2.09 bits per heavy atom. The van der Waals surface area contributed by atoms with Crippen molar-refractivity contribution in [3.8, 4) is 0 Å². The maximum Gasteiger partial charge on any atom is 0.261 e. The normalized spacial score (nSPS) is 11.1. The highest BCUT2D eigenvalue weighted by Gasteiger charge is 2.15. The summed E-state index contributed by atoms with van der Waals surface area (Å²) in [4.78, 5) is 28.7. The van der Waals surface area contributed by atoms with Crippen LogP contribution in [0.15, 0.2) is 16.9 Å². The van der Waals surface area contributed by atoms with Gasteiger partial charge in [-0.2, -0.15) is 5.10 Å². The average molecular weight is 330 g/mol. The number of aryl methyl sites for hydroxylation is 4. The van der Waals surface area contributed by atoms with Gasteiger partial charge in [-0.3, -0.25) is 14.3 Å². The predicted octanol–water partition coefficient (Wildman–Crippen LogP) is 2.18. The van der Waals surface area contributed by atoms with Crippen molar-refractivity contribution in [2.45, 2.75) is 27.3 Å². The number of hydrogen-bond donors (Lipinski definition) is 2. The van der Waals surface area contributed by atoms with Crippen LogP contribution in [0.2, 0.25) is 0 Å². The molecule has 0 saturated heterocycles. The number of amides is 1. The molecule has 0 fully saturated rings. The van der Waals surface area contributed by atoms with Crippen LogP contribution >= 0.6 is 11.3 Å². The summed E-state index contributed by atoms with van der Waals surface area (Å²) >= 11 is 1.40. The van der Waals surface area contributed by atoms with Crippen LogP contribution in [0.5, 0.6) is 0 Å². The van der Waals surface area contributed by atoms with E-state index in [0.717, 1.165) is 27.2 Å². The fourth-order valence-corrected chi connectivity index (χ4v) is 3.71. The fraction of sp³-hybridized carbons (Fsp3) is 0.312. The van der Waals surface area contributed by atoms with Crippen LogP contribution in [0.4, 0.5) is 0 Å². The molecule has 2 N–H and O–H groups in total. The lowest BCUT2D eigenvalue weighted by Crippen LogP contribution is -2.27. The van der Waals surface area contributed by atoms with E-state index < -0.39 is 0 Å². The Hall–Kier alpha value is -2.41. The van der Waals surface area contributed by atoms with E-state index in [0.29, 0.717) is 10.4 Å². The Labute approximate surface area is 137 Å². The van der Waals surface area contributed by atoms with Crippen molar-refractivity contribution in [3.05, 3.63) is 49.9 Å². The van der Waals surface area contributed by atoms with Crippen LogP contribution in [0.3, 0.4) is 0 Å². The monoisotopic (exact) mass is 330 g/mol. The second-order valence-electron chi connectivity index (χ2n) is 5.66. The van der Waals surface area contributed by atoms with Crippen LogP contribution < -0.4 is 10.9 Å². The van der Waals surface area contributed by atoms with Gasteiger partial charge in [0.2, 0.25) is 0 Å². The Bertz CT molecular complexity index is 930. The maximum absolute atomic E-state index is 12.4. The third kappa shape index (κ3) is 2.79. The number of fused-ring (bicyclic) bond motifs is 1. The summed E-state index contributed by atoms with van der Waals surface area (Å²) in [6, 6.07) is 3.75. The van der Waals surface area contributed by atoms with E-state index >= 15 is 0 Å². The van der Waals surface area contributed by atoms with Gasteiger partial charge in [-0.05, 0) is 38.5 Å². The van der Waals surface area contributed by atoms with Gasteiger partial charge in [0, 0.05) is 30.2 Å². The molecule has 3 rings (SSSR count). The van der Waals surface area contributed by atoms with Crippen LogP contribution in [0, 0.1) is 20.8 Å². The Morgan fingerprint density at radius 1 is 1.35 bits per heavy atom. The summed E-state index contributed by atoms with van der Waals surface area (Å²) in [6.07, 6.45) is 0. The molecule has 6 nitrogen and oxygen atoms in total. The number of hydrogen-bond acceptors (Lipinski definition) is 4. The van der Waals surface area contributed by atoms with Gasteiger partial charge in [0.15, 0.2) is 0 Å². The first-order valence-electron chi connectivity index (χ1n) is 7.27. The zero-order chi connectivity index (χ0) is 16.7. The average Bonchev–Trinajstić information content (AvgIpc) is 3.00. The van der Waals surface area contributed by atoms with Gasteiger partial charge in [-0.25, -0.2) is 0 Å². The highest BCUT2D eigenvalue weighted by atomic mass is 32.1. The van der Waals surface area contributed by atoms with E-state index in [1.165, 1.54) is 11.3 Å².